The van der Waals surface area contributed by atoms with Crippen molar-refractivity contribution in [1.82, 2.24) is 0 Å². The number of nitro benzene ring substituents is 1. The minimum absolute atomic E-state index is 0.118. The number of nitro groups is 1. The van der Waals surface area contributed by atoms with Crippen LogP contribution in [0.3, 0.4) is 0 Å². The van der Waals surface area contributed by atoms with Crippen LogP contribution in [0.25, 0.3) is 17.0 Å². The molecule has 0 spiro atoms. The van der Waals surface area contributed by atoms with E-state index in [0.717, 1.165) is 6.08 Å². The van der Waals surface area contributed by atoms with Crippen molar-refractivity contribution in [2.45, 2.75) is 6.61 Å². The van der Waals surface area contributed by atoms with Crippen LogP contribution in [-0.4, -0.2) is 18.0 Å². The van der Waals surface area contributed by atoms with Crippen molar-refractivity contribution in [3.63, 3.8) is 0 Å². The maximum atomic E-state index is 12.0. The second-order valence-corrected chi connectivity index (χ2v) is 5.71. The molecule has 0 atom stereocenters. The number of methoxy groups -OCH3 is 1. The number of para-hydroxylation sites is 1. The molecule has 0 bridgehead atoms. The molecule has 0 unspecified atom stereocenters. The number of carbonyl (C=O) groups excluding carboxylic acids is 1. The molecule has 8 heteroatoms. The van der Waals surface area contributed by atoms with Gasteiger partial charge in [-0.1, -0.05) is 12.1 Å². The Morgan fingerprint density at radius 1 is 1.21 bits per heavy atom. The van der Waals surface area contributed by atoms with Crippen LogP contribution in [-0.2, 0) is 16.1 Å². The first-order chi connectivity index (χ1) is 13.5. The van der Waals surface area contributed by atoms with Gasteiger partial charge in [-0.15, -0.1) is 0 Å². The molecule has 1 aromatic heterocycles. The quantitative estimate of drug-likeness (QED) is 0.211. The van der Waals surface area contributed by atoms with Crippen molar-refractivity contribution in [3.05, 3.63) is 86.3 Å². The normalized spacial score (nSPS) is 10.9. The molecule has 0 radical (unpaired) electrons. The van der Waals surface area contributed by atoms with Crippen molar-refractivity contribution in [2.75, 3.05) is 7.11 Å². The monoisotopic (exact) mass is 381 g/mol. The van der Waals surface area contributed by atoms with Gasteiger partial charge < -0.3 is 13.9 Å². The zero-order valence-electron chi connectivity index (χ0n) is 14.8. The summed E-state index contributed by atoms with van der Waals surface area (Å²) in [5.74, 6) is -0.176. The Morgan fingerprint density at radius 2 is 2.00 bits per heavy atom. The van der Waals surface area contributed by atoms with Crippen LogP contribution in [0.2, 0.25) is 0 Å². The van der Waals surface area contributed by atoms with Crippen LogP contribution >= 0.6 is 0 Å². The van der Waals surface area contributed by atoms with Crippen molar-refractivity contribution < 1.29 is 23.6 Å². The van der Waals surface area contributed by atoms with Gasteiger partial charge >= 0.3 is 11.6 Å². The molecule has 8 nitrogen and oxygen atoms in total. The first kappa shape index (κ1) is 18.8. The predicted octanol–water partition coefficient (Wildman–Crippen LogP) is 3.47. The van der Waals surface area contributed by atoms with Crippen LogP contribution in [0.15, 0.2) is 63.8 Å². The third kappa shape index (κ3) is 4.24. The number of rotatable bonds is 6. The van der Waals surface area contributed by atoms with E-state index in [0.29, 0.717) is 22.3 Å². The van der Waals surface area contributed by atoms with E-state index < -0.39 is 16.5 Å². The molecule has 3 aromatic rings. The molecule has 1 heterocycles. The van der Waals surface area contributed by atoms with Crippen molar-refractivity contribution in [3.8, 4) is 5.75 Å². The molecule has 2 aromatic carbocycles. The predicted molar refractivity (Wildman–Crippen MR) is 101 cm³/mol. The van der Waals surface area contributed by atoms with E-state index in [9.17, 15) is 19.7 Å². The minimum Gasteiger partial charge on any atom is -0.497 e. The van der Waals surface area contributed by atoms with E-state index in [2.05, 4.69) is 0 Å². The average molecular weight is 381 g/mol. The second kappa shape index (κ2) is 8.17. The second-order valence-electron chi connectivity index (χ2n) is 5.71. The molecule has 0 aliphatic carbocycles. The van der Waals surface area contributed by atoms with Gasteiger partial charge in [0.2, 0.25) is 0 Å². The van der Waals surface area contributed by atoms with Crippen LogP contribution in [0, 0.1) is 10.1 Å². The van der Waals surface area contributed by atoms with E-state index in [1.807, 2.05) is 0 Å². The number of benzene rings is 2. The highest BCUT2D eigenvalue weighted by Gasteiger charge is 2.11. The number of ether oxygens (including phenoxy) is 2. The summed E-state index contributed by atoms with van der Waals surface area (Å²) in [7, 11) is 1.49. The van der Waals surface area contributed by atoms with Gasteiger partial charge in [-0.2, -0.15) is 0 Å². The standard InChI is InChI=1S/C20H15NO7/c1-26-15-7-8-16-14(10-20(23)28-18(16)11-15)12-27-19(22)9-6-13-4-2-3-5-17(13)21(24)25/h2-11H,12H2,1H3/b9-6+. The maximum absolute atomic E-state index is 12.0. The molecule has 0 amide bonds. The summed E-state index contributed by atoms with van der Waals surface area (Å²) in [6.07, 6.45) is 2.40. The molecule has 3 rings (SSSR count). The topological polar surface area (TPSA) is 109 Å². The first-order valence-corrected chi connectivity index (χ1v) is 8.17. The van der Waals surface area contributed by atoms with E-state index >= 15 is 0 Å². The maximum Gasteiger partial charge on any atom is 0.336 e. The molecule has 0 saturated heterocycles. The number of hydrogen-bond donors (Lipinski definition) is 0. The third-order valence-electron chi connectivity index (χ3n) is 3.94. The lowest BCUT2D eigenvalue weighted by Crippen LogP contribution is -2.05. The zero-order valence-corrected chi connectivity index (χ0v) is 14.8. The van der Waals surface area contributed by atoms with Crippen LogP contribution < -0.4 is 10.4 Å². The zero-order chi connectivity index (χ0) is 20.1. The summed E-state index contributed by atoms with van der Waals surface area (Å²) in [4.78, 5) is 34.2. The average Bonchev–Trinajstić information content (AvgIpc) is 2.69. The van der Waals surface area contributed by atoms with Gasteiger partial charge in [0, 0.05) is 35.2 Å². The molecule has 0 aliphatic rings. The van der Waals surface area contributed by atoms with Gasteiger partial charge in [0.15, 0.2) is 0 Å². The van der Waals surface area contributed by atoms with Gasteiger partial charge in [0.1, 0.15) is 17.9 Å². The summed E-state index contributed by atoms with van der Waals surface area (Å²) in [5.41, 5.74) is 0.367. The highest BCUT2D eigenvalue weighted by Crippen LogP contribution is 2.23. The van der Waals surface area contributed by atoms with Gasteiger partial charge in [-0.05, 0) is 24.3 Å². The van der Waals surface area contributed by atoms with E-state index in [-0.39, 0.29) is 17.9 Å². The molecule has 0 N–H and O–H groups in total. The Morgan fingerprint density at radius 3 is 2.75 bits per heavy atom. The fourth-order valence-electron chi connectivity index (χ4n) is 2.61. The van der Waals surface area contributed by atoms with Gasteiger partial charge in [0.25, 0.3) is 5.69 Å². The Balaban J connectivity index is 1.76. The van der Waals surface area contributed by atoms with Crippen molar-refractivity contribution >= 4 is 28.7 Å². The SMILES string of the molecule is COc1ccc2c(COC(=O)/C=C/c3ccccc3[N+](=O)[O-])cc(=O)oc2c1. The Kier molecular flexibility index (Phi) is 5.50. The summed E-state index contributed by atoms with van der Waals surface area (Å²) < 4.78 is 15.4. The molecule has 28 heavy (non-hydrogen) atoms. The fraction of sp³-hybridized carbons (Fsp3) is 0.100. The summed E-state index contributed by atoms with van der Waals surface area (Å²) in [5, 5.41) is 11.6. The highest BCUT2D eigenvalue weighted by atomic mass is 16.6. The van der Waals surface area contributed by atoms with Crippen LogP contribution in [0.4, 0.5) is 5.69 Å². The molecule has 0 aliphatic heterocycles. The lowest BCUT2D eigenvalue weighted by Gasteiger charge is -2.07. The summed E-state index contributed by atoms with van der Waals surface area (Å²) >= 11 is 0. The molecule has 0 fully saturated rings. The largest absolute Gasteiger partial charge is 0.497 e. The molecular weight excluding hydrogens is 366 g/mol. The number of hydrogen-bond acceptors (Lipinski definition) is 7. The van der Waals surface area contributed by atoms with E-state index in [1.165, 1.54) is 37.5 Å². The number of nitrogens with zero attached hydrogens (tertiary/aromatic N) is 1. The number of esters is 1. The smallest absolute Gasteiger partial charge is 0.336 e. The molecular formula is C20H15NO7. The highest BCUT2D eigenvalue weighted by molar-refractivity contribution is 5.88. The molecule has 142 valence electrons. The summed E-state index contributed by atoms with van der Waals surface area (Å²) in [6.45, 7) is -0.158. The third-order valence-corrected chi connectivity index (χ3v) is 3.94. The van der Waals surface area contributed by atoms with E-state index in [4.69, 9.17) is 13.9 Å². The first-order valence-electron chi connectivity index (χ1n) is 8.17. The van der Waals surface area contributed by atoms with Crippen molar-refractivity contribution in [2.24, 2.45) is 0 Å². The fourth-order valence-corrected chi connectivity index (χ4v) is 2.61. The number of fused-ring (bicyclic) bond motifs is 1. The molecule has 0 saturated carbocycles. The Bertz CT molecular complexity index is 1130. The number of carbonyl (C=O) groups is 1. The van der Waals surface area contributed by atoms with E-state index in [1.54, 1.807) is 24.3 Å². The van der Waals surface area contributed by atoms with Crippen molar-refractivity contribution in [1.29, 1.82) is 0 Å². The summed E-state index contributed by atoms with van der Waals surface area (Å²) in [6, 6.07) is 12.2. The van der Waals surface area contributed by atoms with Gasteiger partial charge in [0.05, 0.1) is 17.6 Å². The minimum atomic E-state index is -0.701. The Hall–Kier alpha value is -3.94. The Labute approximate surface area is 158 Å². The lowest BCUT2D eigenvalue weighted by molar-refractivity contribution is -0.385. The van der Waals surface area contributed by atoms with Gasteiger partial charge in [-0.3, -0.25) is 10.1 Å². The lowest BCUT2D eigenvalue weighted by atomic mass is 10.1. The van der Waals surface area contributed by atoms with Crippen LogP contribution in [0.1, 0.15) is 11.1 Å². The van der Waals surface area contributed by atoms with Gasteiger partial charge in [-0.25, -0.2) is 9.59 Å². The van der Waals surface area contributed by atoms with Crippen LogP contribution in [0.5, 0.6) is 5.75 Å².